The molecule has 0 atom stereocenters. The fraction of sp³-hybridized carbons (Fsp3) is 0.167. The van der Waals surface area contributed by atoms with Gasteiger partial charge in [0.25, 0.3) is 0 Å². The minimum Gasteiger partial charge on any atom is -0.399 e. The Morgan fingerprint density at radius 3 is 2.58 bits per heavy atom. The Morgan fingerprint density at radius 1 is 1.37 bits per heavy atom. The van der Waals surface area contributed by atoms with Gasteiger partial charge in [0.1, 0.15) is 11.9 Å². The monoisotopic (exact) mass is 266 g/mol. The molecular formula is C12H9F3N4. The van der Waals surface area contributed by atoms with Gasteiger partial charge in [0, 0.05) is 11.9 Å². The van der Waals surface area contributed by atoms with E-state index in [1.165, 1.54) is 29.7 Å². The van der Waals surface area contributed by atoms with Crippen LogP contribution in [0.4, 0.5) is 18.9 Å². The summed E-state index contributed by atoms with van der Waals surface area (Å²) in [5.74, 6) is 0.147. The van der Waals surface area contributed by atoms with E-state index in [4.69, 9.17) is 11.0 Å². The predicted octanol–water partition coefficient (Wildman–Crippen LogP) is 2.65. The lowest BCUT2D eigenvalue weighted by Gasteiger charge is -2.07. The molecular weight excluding hydrogens is 257 g/mol. The lowest BCUT2D eigenvalue weighted by atomic mass is 10.1. The van der Waals surface area contributed by atoms with Gasteiger partial charge in [-0.15, -0.1) is 0 Å². The number of alkyl halides is 3. The maximum Gasteiger partial charge on any atom is 0.434 e. The Labute approximate surface area is 106 Å². The van der Waals surface area contributed by atoms with Gasteiger partial charge in [0.05, 0.1) is 11.3 Å². The maximum atomic E-state index is 12.6. The SMILES string of the molecule is Cc1nc(C(F)(F)F)cn1-c1ccc(N)cc1C#N. The summed E-state index contributed by atoms with van der Waals surface area (Å²) in [5, 5.41) is 9.00. The summed E-state index contributed by atoms with van der Waals surface area (Å²) in [6.07, 6.45) is -3.65. The van der Waals surface area contributed by atoms with E-state index >= 15 is 0 Å². The Hall–Kier alpha value is -2.49. The van der Waals surface area contributed by atoms with Gasteiger partial charge in [-0.3, -0.25) is 0 Å². The molecule has 2 N–H and O–H groups in total. The number of nitrogens with zero attached hydrogens (tertiary/aromatic N) is 3. The molecule has 0 spiro atoms. The molecule has 98 valence electrons. The molecule has 19 heavy (non-hydrogen) atoms. The zero-order chi connectivity index (χ0) is 14.2. The van der Waals surface area contributed by atoms with E-state index in [2.05, 4.69) is 4.98 Å². The van der Waals surface area contributed by atoms with Gasteiger partial charge in [-0.2, -0.15) is 18.4 Å². The topological polar surface area (TPSA) is 67.6 Å². The number of hydrogen-bond acceptors (Lipinski definition) is 3. The number of aryl methyl sites for hydroxylation is 1. The molecule has 1 aromatic carbocycles. The molecule has 2 aromatic rings. The molecule has 1 aromatic heterocycles. The van der Waals surface area contributed by atoms with Crippen molar-refractivity contribution in [2.24, 2.45) is 0 Å². The summed E-state index contributed by atoms with van der Waals surface area (Å²) in [6.45, 7) is 1.44. The number of rotatable bonds is 1. The van der Waals surface area contributed by atoms with Crippen molar-refractivity contribution >= 4 is 5.69 Å². The quantitative estimate of drug-likeness (QED) is 0.807. The summed E-state index contributed by atoms with van der Waals surface area (Å²) in [7, 11) is 0. The summed E-state index contributed by atoms with van der Waals surface area (Å²) in [6, 6.07) is 6.31. The van der Waals surface area contributed by atoms with Crippen molar-refractivity contribution in [1.82, 2.24) is 9.55 Å². The number of nitrogens with two attached hydrogens (primary N) is 1. The Morgan fingerprint density at radius 2 is 2.05 bits per heavy atom. The van der Waals surface area contributed by atoms with Crippen LogP contribution in [-0.4, -0.2) is 9.55 Å². The van der Waals surface area contributed by atoms with Gasteiger partial charge in [0.15, 0.2) is 5.69 Å². The van der Waals surface area contributed by atoms with Crippen LogP contribution in [0.5, 0.6) is 0 Å². The largest absolute Gasteiger partial charge is 0.434 e. The van der Waals surface area contributed by atoms with Crippen LogP contribution < -0.4 is 5.73 Å². The highest BCUT2D eigenvalue weighted by Gasteiger charge is 2.34. The summed E-state index contributed by atoms with van der Waals surface area (Å²) in [5.41, 5.74) is 5.42. The van der Waals surface area contributed by atoms with Gasteiger partial charge in [-0.25, -0.2) is 4.98 Å². The van der Waals surface area contributed by atoms with Gasteiger partial charge in [-0.05, 0) is 25.1 Å². The fourth-order valence-corrected chi connectivity index (χ4v) is 1.71. The van der Waals surface area contributed by atoms with E-state index in [1.54, 1.807) is 0 Å². The molecule has 0 saturated heterocycles. The lowest BCUT2D eigenvalue weighted by molar-refractivity contribution is -0.141. The van der Waals surface area contributed by atoms with Crippen LogP contribution in [0.25, 0.3) is 5.69 Å². The molecule has 0 aliphatic rings. The first-order chi connectivity index (χ1) is 8.82. The van der Waals surface area contributed by atoms with E-state index in [9.17, 15) is 13.2 Å². The standard InChI is InChI=1S/C12H9F3N4/c1-7-18-11(12(13,14)15)6-19(7)10-3-2-9(17)4-8(10)5-16/h2-4,6H,17H2,1H3. The maximum absolute atomic E-state index is 12.6. The fourth-order valence-electron chi connectivity index (χ4n) is 1.71. The van der Waals surface area contributed by atoms with Crippen LogP contribution in [0.15, 0.2) is 24.4 Å². The zero-order valence-corrected chi connectivity index (χ0v) is 9.86. The molecule has 0 fully saturated rings. The van der Waals surface area contributed by atoms with Crippen LogP contribution in [0.3, 0.4) is 0 Å². The molecule has 2 rings (SSSR count). The van der Waals surface area contributed by atoms with Crippen LogP contribution >= 0.6 is 0 Å². The number of benzene rings is 1. The zero-order valence-electron chi connectivity index (χ0n) is 9.86. The number of nitriles is 1. The number of halogens is 3. The Bertz CT molecular complexity index is 665. The average Bonchev–Trinajstić information content (AvgIpc) is 2.71. The van der Waals surface area contributed by atoms with Crippen molar-refractivity contribution in [3.8, 4) is 11.8 Å². The first kappa shape index (κ1) is 13.0. The normalized spacial score (nSPS) is 11.3. The summed E-state index contributed by atoms with van der Waals surface area (Å²) < 4.78 is 39.0. The van der Waals surface area contributed by atoms with Gasteiger partial charge in [-0.1, -0.05) is 0 Å². The highest BCUT2D eigenvalue weighted by molar-refractivity contribution is 5.57. The average molecular weight is 266 g/mol. The van der Waals surface area contributed by atoms with Crippen LogP contribution in [0.2, 0.25) is 0 Å². The van der Waals surface area contributed by atoms with Crippen LogP contribution in [-0.2, 0) is 6.18 Å². The highest BCUT2D eigenvalue weighted by Crippen LogP contribution is 2.30. The van der Waals surface area contributed by atoms with Gasteiger partial charge in [0.2, 0.25) is 0 Å². The summed E-state index contributed by atoms with van der Waals surface area (Å²) >= 11 is 0. The van der Waals surface area contributed by atoms with Crippen molar-refractivity contribution in [2.45, 2.75) is 13.1 Å². The highest BCUT2D eigenvalue weighted by atomic mass is 19.4. The molecule has 0 radical (unpaired) electrons. The molecule has 7 heteroatoms. The molecule has 0 aliphatic carbocycles. The predicted molar refractivity (Wildman–Crippen MR) is 62.4 cm³/mol. The molecule has 0 aliphatic heterocycles. The molecule has 0 amide bonds. The number of hydrogen-bond donors (Lipinski definition) is 1. The number of nitrogen functional groups attached to an aromatic ring is 1. The minimum atomic E-state index is -4.52. The second-order valence-corrected chi connectivity index (χ2v) is 3.93. The number of imidazole rings is 1. The van der Waals surface area contributed by atoms with Crippen LogP contribution in [0.1, 0.15) is 17.1 Å². The minimum absolute atomic E-state index is 0.147. The van der Waals surface area contributed by atoms with Crippen molar-refractivity contribution in [3.63, 3.8) is 0 Å². The smallest absolute Gasteiger partial charge is 0.399 e. The van der Waals surface area contributed by atoms with Crippen LogP contribution in [0, 0.1) is 18.3 Å². The number of anilines is 1. The Kier molecular flexibility index (Phi) is 2.94. The molecule has 0 unspecified atom stereocenters. The summed E-state index contributed by atoms with van der Waals surface area (Å²) in [4.78, 5) is 3.45. The van der Waals surface area contributed by atoms with Crippen molar-refractivity contribution in [1.29, 1.82) is 5.26 Å². The van der Waals surface area contributed by atoms with E-state index < -0.39 is 11.9 Å². The van der Waals surface area contributed by atoms with Crippen molar-refractivity contribution in [3.05, 3.63) is 41.5 Å². The Balaban J connectivity index is 2.61. The number of aromatic nitrogens is 2. The first-order valence-electron chi connectivity index (χ1n) is 5.26. The van der Waals surface area contributed by atoms with E-state index in [-0.39, 0.29) is 11.4 Å². The van der Waals surface area contributed by atoms with Crippen molar-refractivity contribution in [2.75, 3.05) is 5.73 Å². The van der Waals surface area contributed by atoms with E-state index in [0.29, 0.717) is 11.4 Å². The van der Waals surface area contributed by atoms with Gasteiger partial charge >= 0.3 is 6.18 Å². The van der Waals surface area contributed by atoms with Crippen molar-refractivity contribution < 1.29 is 13.2 Å². The second kappa shape index (κ2) is 4.31. The first-order valence-corrected chi connectivity index (χ1v) is 5.26. The molecule has 0 saturated carbocycles. The second-order valence-electron chi connectivity index (χ2n) is 3.93. The molecule has 1 heterocycles. The third-order valence-corrected chi connectivity index (χ3v) is 2.57. The molecule has 4 nitrogen and oxygen atoms in total. The van der Waals surface area contributed by atoms with E-state index in [1.807, 2.05) is 6.07 Å². The van der Waals surface area contributed by atoms with E-state index in [0.717, 1.165) is 6.20 Å². The molecule has 0 bridgehead atoms. The lowest BCUT2D eigenvalue weighted by Crippen LogP contribution is -2.05. The third kappa shape index (κ3) is 2.38. The van der Waals surface area contributed by atoms with Gasteiger partial charge < -0.3 is 10.3 Å². The third-order valence-electron chi connectivity index (χ3n) is 2.57.